The molecule has 1 fully saturated rings. The smallest absolute Gasteiger partial charge is 0.339 e. The van der Waals surface area contributed by atoms with E-state index in [-0.39, 0.29) is 17.1 Å². The van der Waals surface area contributed by atoms with Crippen molar-refractivity contribution in [1.29, 1.82) is 5.26 Å². The van der Waals surface area contributed by atoms with Crippen LogP contribution in [0.1, 0.15) is 44.9 Å². The van der Waals surface area contributed by atoms with Crippen LogP contribution in [-0.2, 0) is 6.42 Å². The second-order valence-electron chi connectivity index (χ2n) is 10.5. The van der Waals surface area contributed by atoms with Crippen LogP contribution in [-0.4, -0.2) is 64.7 Å². The molecule has 1 amide bonds. The van der Waals surface area contributed by atoms with Crippen molar-refractivity contribution in [3.05, 3.63) is 95.4 Å². The molecule has 0 radical (unpaired) electrons. The first-order chi connectivity index (χ1) is 20.8. The van der Waals surface area contributed by atoms with E-state index in [4.69, 9.17) is 25.6 Å². The number of furan rings is 1. The molecule has 220 valence electrons. The summed E-state index contributed by atoms with van der Waals surface area (Å²) in [6.45, 7) is 5.13. The first-order valence-electron chi connectivity index (χ1n) is 14.1. The Kier molecular flexibility index (Phi) is 8.93. The number of aromatic carboxylic acids is 1. The number of phenols is 1. The van der Waals surface area contributed by atoms with Crippen LogP contribution in [0.5, 0.6) is 5.75 Å². The van der Waals surface area contributed by atoms with Gasteiger partial charge in [-0.05, 0) is 86.0 Å². The number of nitrogens with zero attached hydrogens (tertiary/aromatic N) is 3. The number of piperazine rings is 1. The number of carbonyl (C=O) groups excluding carboxylic acids is 1. The fourth-order valence-electron chi connectivity index (χ4n) is 5.34. The van der Waals surface area contributed by atoms with E-state index >= 15 is 0 Å². The van der Waals surface area contributed by atoms with Gasteiger partial charge in [-0.3, -0.25) is 9.69 Å². The molecule has 3 heterocycles. The summed E-state index contributed by atoms with van der Waals surface area (Å²) >= 11 is 0. The van der Waals surface area contributed by atoms with Crippen molar-refractivity contribution in [1.82, 2.24) is 9.88 Å². The highest BCUT2D eigenvalue weighted by Crippen LogP contribution is 2.26. The summed E-state index contributed by atoms with van der Waals surface area (Å²) in [6, 6.07) is 21.6. The number of nitrogens with two attached hydrogens (primary N) is 1. The highest BCUT2D eigenvalue weighted by molar-refractivity contribution is 5.95. The van der Waals surface area contributed by atoms with Gasteiger partial charge in [-0.1, -0.05) is 12.1 Å². The molecule has 0 unspecified atom stereocenters. The molecule has 0 saturated carbocycles. The van der Waals surface area contributed by atoms with E-state index in [1.54, 1.807) is 18.2 Å². The topological polar surface area (TPSA) is 160 Å². The number of aromatic hydroxyl groups is 1. The number of rotatable bonds is 8. The lowest BCUT2D eigenvalue weighted by molar-refractivity contribution is 0.0693. The zero-order valence-corrected chi connectivity index (χ0v) is 23.6. The minimum Gasteiger partial charge on any atom is -0.507 e. The monoisotopic (exact) mass is 579 g/mol. The maximum Gasteiger partial charge on any atom is 0.339 e. The number of nitrogens with one attached hydrogen (secondary N) is 1. The number of aryl methyl sites for hydroxylation is 1. The maximum absolute atomic E-state index is 11.4. The number of hydrogen-bond donors (Lipinski definition) is 4. The van der Waals surface area contributed by atoms with Gasteiger partial charge in [0.2, 0.25) is 0 Å². The number of carboxylic acids is 1. The highest BCUT2D eigenvalue weighted by atomic mass is 16.4. The number of primary amides is 1. The summed E-state index contributed by atoms with van der Waals surface area (Å²) in [6.07, 6.45) is 5.38. The van der Waals surface area contributed by atoms with Gasteiger partial charge < -0.3 is 30.2 Å². The van der Waals surface area contributed by atoms with Gasteiger partial charge in [0, 0.05) is 54.4 Å². The Balaban J connectivity index is 0.000000314. The van der Waals surface area contributed by atoms with E-state index in [1.165, 1.54) is 23.1 Å². The molecule has 2 aromatic heterocycles. The lowest BCUT2D eigenvalue weighted by Crippen LogP contribution is -2.46. The van der Waals surface area contributed by atoms with E-state index in [0.29, 0.717) is 11.1 Å². The van der Waals surface area contributed by atoms with Crippen LogP contribution in [0.4, 0.5) is 5.69 Å². The Morgan fingerprint density at radius 2 is 1.79 bits per heavy atom. The number of carbonyl (C=O) groups is 2. The Labute approximate surface area is 248 Å². The normalized spacial score (nSPS) is 13.4. The number of para-hydroxylation sites is 1. The third-order valence-corrected chi connectivity index (χ3v) is 7.68. The Morgan fingerprint density at radius 3 is 2.49 bits per heavy atom. The second kappa shape index (κ2) is 13.1. The summed E-state index contributed by atoms with van der Waals surface area (Å²) in [5.74, 6) is -1.66. The van der Waals surface area contributed by atoms with E-state index < -0.39 is 11.9 Å². The average molecular weight is 580 g/mol. The lowest BCUT2D eigenvalue weighted by atomic mass is 10.1. The van der Waals surface area contributed by atoms with E-state index in [9.17, 15) is 9.59 Å². The standard InChI is InChI=1S/C26H27N5O2.C7H6O3/c27-16-18-4-6-23-22(13-18)19(17-29-23)3-1-2-8-30-9-11-31(12-10-30)21-5-7-24-20(14-21)15-25(33-24)26(28)32;8-6-4-2-1-3-5(6)7(9)10/h4-7,13-15,17,29H,1-3,8-12H2,(H2,28,32);1-4,8H,(H,9,10). The molecule has 0 spiro atoms. The van der Waals surface area contributed by atoms with Crippen molar-refractivity contribution < 1.29 is 24.2 Å². The molecule has 10 nitrogen and oxygen atoms in total. The number of fused-ring (bicyclic) bond motifs is 2. The minimum absolute atomic E-state index is 0.0671. The highest BCUT2D eigenvalue weighted by Gasteiger charge is 2.18. The van der Waals surface area contributed by atoms with Crippen LogP contribution in [0.15, 0.2) is 77.3 Å². The molecule has 1 aliphatic rings. The predicted octanol–water partition coefficient (Wildman–Crippen LogP) is 5.12. The van der Waals surface area contributed by atoms with Gasteiger partial charge in [0.1, 0.15) is 16.9 Å². The molecule has 43 heavy (non-hydrogen) atoms. The van der Waals surface area contributed by atoms with Gasteiger partial charge in [-0.25, -0.2) is 4.79 Å². The molecule has 5 N–H and O–H groups in total. The molecule has 0 aliphatic carbocycles. The number of H-pyrrole nitrogens is 1. The van der Waals surface area contributed by atoms with Gasteiger partial charge in [0.15, 0.2) is 5.76 Å². The summed E-state index contributed by atoms with van der Waals surface area (Å²) in [7, 11) is 0. The fraction of sp³-hybridized carbons (Fsp3) is 0.242. The van der Waals surface area contributed by atoms with Crippen LogP contribution in [0.2, 0.25) is 0 Å². The maximum atomic E-state index is 11.4. The van der Waals surface area contributed by atoms with Crippen LogP contribution >= 0.6 is 0 Å². The summed E-state index contributed by atoms with van der Waals surface area (Å²) < 4.78 is 5.49. The quantitative estimate of drug-likeness (QED) is 0.184. The molecule has 10 heteroatoms. The van der Waals surface area contributed by atoms with Gasteiger partial charge in [-0.2, -0.15) is 5.26 Å². The predicted molar refractivity (Wildman–Crippen MR) is 164 cm³/mol. The number of benzene rings is 3. The first-order valence-corrected chi connectivity index (χ1v) is 14.1. The van der Waals surface area contributed by atoms with Crippen molar-refractivity contribution in [3.8, 4) is 11.8 Å². The van der Waals surface area contributed by atoms with Crippen LogP contribution in [0.3, 0.4) is 0 Å². The minimum atomic E-state index is -1.11. The van der Waals surface area contributed by atoms with Crippen LogP contribution in [0.25, 0.3) is 21.9 Å². The summed E-state index contributed by atoms with van der Waals surface area (Å²) in [5.41, 5.74) is 10.2. The summed E-state index contributed by atoms with van der Waals surface area (Å²) in [5, 5.41) is 28.5. The summed E-state index contributed by atoms with van der Waals surface area (Å²) in [4.78, 5) is 29.8. The van der Waals surface area contributed by atoms with Crippen molar-refractivity contribution in [2.75, 3.05) is 37.6 Å². The third-order valence-electron chi connectivity index (χ3n) is 7.68. The number of nitriles is 1. The van der Waals surface area contributed by atoms with Gasteiger partial charge in [-0.15, -0.1) is 0 Å². The van der Waals surface area contributed by atoms with E-state index in [0.717, 1.165) is 68.6 Å². The number of hydrogen-bond acceptors (Lipinski definition) is 7. The van der Waals surface area contributed by atoms with Crippen molar-refractivity contribution in [2.45, 2.75) is 19.3 Å². The zero-order valence-electron chi connectivity index (χ0n) is 23.6. The molecule has 0 bridgehead atoms. The molecule has 5 aromatic rings. The number of carboxylic acid groups (broad SMARTS) is 1. The fourth-order valence-corrected chi connectivity index (χ4v) is 5.34. The number of unbranched alkanes of at least 4 members (excludes halogenated alkanes) is 1. The number of amides is 1. The largest absolute Gasteiger partial charge is 0.507 e. The number of anilines is 1. The lowest BCUT2D eigenvalue weighted by Gasteiger charge is -2.36. The number of aromatic amines is 1. The first kappa shape index (κ1) is 29.2. The van der Waals surface area contributed by atoms with Crippen LogP contribution < -0.4 is 10.6 Å². The molecule has 1 saturated heterocycles. The third kappa shape index (κ3) is 6.97. The SMILES string of the molecule is N#Cc1ccc2[nH]cc(CCCCN3CCN(c4ccc5oc(C(N)=O)cc5c4)CC3)c2c1.O=C(O)c1ccccc1O. The molecular formula is C33H33N5O5. The van der Waals surface area contributed by atoms with Crippen molar-refractivity contribution in [3.63, 3.8) is 0 Å². The van der Waals surface area contributed by atoms with E-state index in [2.05, 4.69) is 33.1 Å². The molecule has 0 atom stereocenters. The van der Waals surface area contributed by atoms with Gasteiger partial charge in [0.05, 0.1) is 11.6 Å². The molecule has 1 aliphatic heterocycles. The average Bonchev–Trinajstić information content (AvgIpc) is 3.64. The Bertz CT molecular complexity index is 1790. The van der Waals surface area contributed by atoms with E-state index in [1.807, 2.05) is 30.3 Å². The second-order valence-corrected chi connectivity index (χ2v) is 10.5. The Morgan fingerprint density at radius 1 is 1.00 bits per heavy atom. The van der Waals surface area contributed by atoms with Crippen molar-refractivity contribution in [2.24, 2.45) is 5.73 Å². The number of aromatic nitrogens is 1. The zero-order chi connectivity index (χ0) is 30.3. The van der Waals surface area contributed by atoms with Gasteiger partial charge >= 0.3 is 5.97 Å². The van der Waals surface area contributed by atoms with Crippen LogP contribution in [0, 0.1) is 11.3 Å². The Hall–Kier alpha value is -5.27. The molecular weight excluding hydrogens is 546 g/mol. The molecule has 3 aromatic carbocycles. The van der Waals surface area contributed by atoms with Gasteiger partial charge in [0.25, 0.3) is 5.91 Å². The van der Waals surface area contributed by atoms with Crippen molar-refractivity contribution >= 4 is 39.4 Å². The molecule has 6 rings (SSSR count).